The van der Waals surface area contributed by atoms with Crippen LogP contribution < -0.4 is 15.5 Å². The smallest absolute Gasteiger partial charge is 0.186 e. The molecule has 19 heavy (non-hydrogen) atoms. The first-order valence-electron chi connectivity index (χ1n) is 5.80. The van der Waals surface area contributed by atoms with Gasteiger partial charge >= 0.3 is 0 Å². The number of hydrogen-bond acceptors (Lipinski definition) is 4. The van der Waals surface area contributed by atoms with Gasteiger partial charge in [0, 0.05) is 16.6 Å². The minimum atomic E-state index is 0.0463. The molecular formula is C12H16BrN3O2S. The van der Waals surface area contributed by atoms with Crippen LogP contribution >= 0.6 is 28.1 Å². The molecular weight excluding hydrogens is 330 g/mol. The number of rotatable bonds is 5. The van der Waals surface area contributed by atoms with E-state index in [0.717, 1.165) is 11.0 Å². The van der Waals surface area contributed by atoms with Crippen LogP contribution in [0.4, 0.5) is 0 Å². The number of nitrogens with zero attached hydrogens (tertiary/aromatic N) is 1. The molecule has 0 radical (unpaired) electrons. The van der Waals surface area contributed by atoms with Gasteiger partial charge in [0.25, 0.3) is 0 Å². The quantitative estimate of drug-likeness (QED) is 0.434. The van der Waals surface area contributed by atoms with Crippen molar-refractivity contribution in [3.05, 3.63) is 22.2 Å². The predicted molar refractivity (Wildman–Crippen MR) is 84.0 cm³/mol. The van der Waals surface area contributed by atoms with Crippen LogP contribution in [-0.2, 0) is 0 Å². The zero-order valence-corrected chi connectivity index (χ0v) is 13.1. The zero-order chi connectivity index (χ0) is 14.3. The maximum Gasteiger partial charge on any atom is 0.186 e. The number of benzene rings is 1. The summed E-state index contributed by atoms with van der Waals surface area (Å²) < 4.78 is 6.12. The molecule has 0 amide bonds. The van der Waals surface area contributed by atoms with Crippen molar-refractivity contribution in [3.63, 3.8) is 0 Å². The van der Waals surface area contributed by atoms with Gasteiger partial charge in [-0.05, 0) is 38.2 Å². The minimum Gasteiger partial charge on any atom is -0.504 e. The van der Waals surface area contributed by atoms with E-state index >= 15 is 0 Å². The van der Waals surface area contributed by atoms with Gasteiger partial charge in [-0.2, -0.15) is 5.10 Å². The Morgan fingerprint density at radius 2 is 2.26 bits per heavy atom. The molecule has 0 aliphatic rings. The largest absolute Gasteiger partial charge is 0.504 e. The zero-order valence-electron chi connectivity index (χ0n) is 10.7. The molecule has 0 aliphatic carbocycles. The van der Waals surface area contributed by atoms with Gasteiger partial charge in [0.15, 0.2) is 16.6 Å². The fourth-order valence-electron chi connectivity index (χ4n) is 1.32. The second-order valence-corrected chi connectivity index (χ2v) is 4.83. The van der Waals surface area contributed by atoms with Crippen molar-refractivity contribution < 1.29 is 9.84 Å². The minimum absolute atomic E-state index is 0.0463. The first-order valence-corrected chi connectivity index (χ1v) is 7.00. The van der Waals surface area contributed by atoms with Gasteiger partial charge in [-0.1, -0.05) is 15.9 Å². The Labute approximate surface area is 126 Å². The van der Waals surface area contributed by atoms with Crippen molar-refractivity contribution in [3.8, 4) is 11.5 Å². The van der Waals surface area contributed by atoms with E-state index in [4.69, 9.17) is 17.0 Å². The Morgan fingerprint density at radius 1 is 1.53 bits per heavy atom. The number of aromatic hydroxyl groups is 1. The lowest BCUT2D eigenvalue weighted by Crippen LogP contribution is -2.31. The molecule has 5 nitrogen and oxygen atoms in total. The van der Waals surface area contributed by atoms with Crippen LogP contribution in [0.3, 0.4) is 0 Å². The molecule has 3 N–H and O–H groups in total. The Balaban J connectivity index is 2.82. The Kier molecular flexibility index (Phi) is 6.58. The first-order chi connectivity index (χ1) is 9.08. The molecule has 0 saturated carbocycles. The molecule has 0 heterocycles. The number of thiocarbonyl (C=S) groups is 1. The standard InChI is InChI=1S/C12H16BrN3O2S/c1-3-14-12(19)16-15-7-8-5-9(13)6-10(11(8)17)18-4-2/h5-7,17H,3-4H2,1-2H3,(H2,14,16,19). The summed E-state index contributed by atoms with van der Waals surface area (Å²) in [6.07, 6.45) is 1.48. The molecule has 0 aliphatic heterocycles. The molecule has 1 aromatic carbocycles. The highest BCUT2D eigenvalue weighted by molar-refractivity contribution is 9.10. The fraction of sp³-hybridized carbons (Fsp3) is 0.333. The number of hydrogen-bond donors (Lipinski definition) is 3. The maximum atomic E-state index is 10.00. The van der Waals surface area contributed by atoms with Crippen LogP contribution in [0.25, 0.3) is 0 Å². The Morgan fingerprint density at radius 3 is 2.89 bits per heavy atom. The van der Waals surface area contributed by atoms with E-state index in [0.29, 0.717) is 23.0 Å². The van der Waals surface area contributed by atoms with Crippen molar-refractivity contribution in [1.29, 1.82) is 0 Å². The number of ether oxygens (including phenoxy) is 1. The first kappa shape index (κ1) is 15.7. The Hall–Kier alpha value is -1.34. The van der Waals surface area contributed by atoms with Gasteiger partial charge in [-0.25, -0.2) is 0 Å². The summed E-state index contributed by atoms with van der Waals surface area (Å²) in [5.74, 6) is 0.456. The fourth-order valence-corrected chi connectivity index (χ4v) is 1.97. The van der Waals surface area contributed by atoms with Gasteiger partial charge in [0.05, 0.1) is 12.8 Å². The van der Waals surface area contributed by atoms with Crippen molar-refractivity contribution >= 4 is 39.5 Å². The van der Waals surface area contributed by atoms with E-state index < -0.39 is 0 Å². The highest BCUT2D eigenvalue weighted by Crippen LogP contribution is 2.32. The maximum absolute atomic E-state index is 10.00. The number of halogens is 1. The van der Waals surface area contributed by atoms with E-state index in [1.165, 1.54) is 6.21 Å². The molecule has 1 aromatic rings. The summed E-state index contributed by atoms with van der Waals surface area (Å²) in [7, 11) is 0. The summed E-state index contributed by atoms with van der Waals surface area (Å²) in [5.41, 5.74) is 3.18. The highest BCUT2D eigenvalue weighted by Gasteiger charge is 2.08. The SMILES string of the molecule is CCNC(=S)NN=Cc1cc(Br)cc(OCC)c1O. The lowest BCUT2D eigenvalue weighted by molar-refractivity contribution is 0.317. The lowest BCUT2D eigenvalue weighted by Gasteiger charge is -2.09. The van der Waals surface area contributed by atoms with E-state index in [1.807, 2.05) is 13.8 Å². The monoisotopic (exact) mass is 345 g/mol. The van der Waals surface area contributed by atoms with Gasteiger partial charge in [0.1, 0.15) is 0 Å². The van der Waals surface area contributed by atoms with Crippen LogP contribution in [0.15, 0.2) is 21.7 Å². The van der Waals surface area contributed by atoms with Crippen LogP contribution in [0, 0.1) is 0 Å². The summed E-state index contributed by atoms with van der Waals surface area (Å²) in [6.45, 7) is 4.98. The van der Waals surface area contributed by atoms with Crippen molar-refractivity contribution in [2.24, 2.45) is 5.10 Å². The average molecular weight is 346 g/mol. The molecule has 0 aromatic heterocycles. The number of nitrogens with one attached hydrogen (secondary N) is 2. The summed E-state index contributed by atoms with van der Waals surface area (Å²) in [5, 5.41) is 17.3. The third-order valence-electron chi connectivity index (χ3n) is 2.08. The van der Waals surface area contributed by atoms with E-state index in [1.54, 1.807) is 12.1 Å². The summed E-state index contributed by atoms with van der Waals surface area (Å²) >= 11 is 8.31. The molecule has 0 bridgehead atoms. The van der Waals surface area contributed by atoms with Gasteiger partial charge in [-0.3, -0.25) is 5.43 Å². The third kappa shape index (κ3) is 5.04. The normalized spacial score (nSPS) is 10.5. The number of phenolic OH excluding ortho intramolecular Hbond substituents is 1. The van der Waals surface area contributed by atoms with Gasteiger partial charge in [0.2, 0.25) is 0 Å². The number of hydrazone groups is 1. The molecule has 0 spiro atoms. The lowest BCUT2D eigenvalue weighted by atomic mass is 10.2. The second kappa shape index (κ2) is 7.96. The molecule has 0 fully saturated rings. The second-order valence-electron chi connectivity index (χ2n) is 3.50. The average Bonchev–Trinajstić information content (AvgIpc) is 2.35. The van der Waals surface area contributed by atoms with Gasteiger partial charge in [-0.15, -0.1) is 0 Å². The molecule has 104 valence electrons. The number of phenols is 1. The van der Waals surface area contributed by atoms with Crippen molar-refractivity contribution in [1.82, 2.24) is 10.7 Å². The summed E-state index contributed by atoms with van der Waals surface area (Å²) in [4.78, 5) is 0. The van der Waals surface area contributed by atoms with Crippen molar-refractivity contribution in [2.75, 3.05) is 13.2 Å². The summed E-state index contributed by atoms with van der Waals surface area (Å²) in [6, 6.07) is 3.44. The molecule has 0 saturated heterocycles. The molecule has 1 rings (SSSR count). The van der Waals surface area contributed by atoms with E-state index in [9.17, 15) is 5.11 Å². The van der Waals surface area contributed by atoms with Crippen LogP contribution in [-0.4, -0.2) is 29.6 Å². The molecule has 7 heteroatoms. The van der Waals surface area contributed by atoms with Crippen LogP contribution in [0.5, 0.6) is 11.5 Å². The molecule has 0 unspecified atom stereocenters. The molecule has 0 atom stereocenters. The van der Waals surface area contributed by atoms with E-state index in [2.05, 4.69) is 31.8 Å². The van der Waals surface area contributed by atoms with Crippen LogP contribution in [0.2, 0.25) is 0 Å². The Bertz CT molecular complexity index is 480. The van der Waals surface area contributed by atoms with Crippen molar-refractivity contribution in [2.45, 2.75) is 13.8 Å². The topological polar surface area (TPSA) is 65.9 Å². The van der Waals surface area contributed by atoms with E-state index in [-0.39, 0.29) is 5.75 Å². The van der Waals surface area contributed by atoms with Gasteiger partial charge < -0.3 is 15.2 Å². The van der Waals surface area contributed by atoms with Crippen LogP contribution in [0.1, 0.15) is 19.4 Å². The highest BCUT2D eigenvalue weighted by atomic mass is 79.9. The third-order valence-corrected chi connectivity index (χ3v) is 2.77. The predicted octanol–water partition coefficient (Wildman–Crippen LogP) is 2.37.